The maximum absolute atomic E-state index is 12.6. The van der Waals surface area contributed by atoms with E-state index in [-0.39, 0.29) is 18.6 Å². The zero-order chi connectivity index (χ0) is 19.9. The summed E-state index contributed by atoms with van der Waals surface area (Å²) in [4.78, 5) is 28.1. The molecule has 1 unspecified atom stereocenters. The third kappa shape index (κ3) is 5.39. The predicted molar refractivity (Wildman–Crippen MR) is 106 cm³/mol. The Hall–Kier alpha value is -2.73. The normalized spacial score (nSPS) is 15.1. The lowest BCUT2D eigenvalue weighted by molar-refractivity contribution is -0.139. The van der Waals surface area contributed by atoms with Crippen LogP contribution in [0.3, 0.4) is 0 Å². The van der Waals surface area contributed by atoms with Gasteiger partial charge in [0.2, 0.25) is 0 Å². The Kier molecular flexibility index (Phi) is 6.76. The Morgan fingerprint density at radius 2 is 1.57 bits per heavy atom. The van der Waals surface area contributed by atoms with E-state index in [1.807, 2.05) is 30.3 Å². The number of amides is 2. The second kappa shape index (κ2) is 9.46. The summed E-state index contributed by atoms with van der Waals surface area (Å²) in [6.45, 7) is 3.74. The van der Waals surface area contributed by atoms with E-state index in [2.05, 4.69) is 0 Å². The van der Waals surface area contributed by atoms with Crippen LogP contribution in [0.4, 0.5) is 4.79 Å². The van der Waals surface area contributed by atoms with Crippen molar-refractivity contribution in [3.8, 4) is 5.75 Å². The molecular weight excluding hydrogens is 380 g/mol. The van der Waals surface area contributed by atoms with Crippen LogP contribution in [0, 0.1) is 0 Å². The number of rotatable bonds is 5. The summed E-state index contributed by atoms with van der Waals surface area (Å²) in [7, 11) is 0. The molecule has 0 N–H and O–H groups in total. The van der Waals surface area contributed by atoms with Crippen molar-refractivity contribution in [2.45, 2.75) is 19.6 Å². The molecule has 0 aromatic heterocycles. The fraction of sp³-hybridized carbons (Fsp3) is 0.333. The maximum atomic E-state index is 12.6. The van der Waals surface area contributed by atoms with E-state index in [9.17, 15) is 9.59 Å². The van der Waals surface area contributed by atoms with Crippen molar-refractivity contribution < 1.29 is 19.1 Å². The van der Waals surface area contributed by atoms with E-state index in [4.69, 9.17) is 21.1 Å². The molecule has 1 saturated heterocycles. The summed E-state index contributed by atoms with van der Waals surface area (Å²) in [6.07, 6.45) is -0.973. The van der Waals surface area contributed by atoms with Crippen LogP contribution >= 0.6 is 11.6 Å². The molecule has 0 aliphatic carbocycles. The van der Waals surface area contributed by atoms with Crippen LogP contribution in [-0.4, -0.2) is 54.1 Å². The molecule has 7 heteroatoms. The van der Waals surface area contributed by atoms with Gasteiger partial charge in [-0.3, -0.25) is 4.79 Å². The third-order valence-corrected chi connectivity index (χ3v) is 4.78. The fourth-order valence-corrected chi connectivity index (χ4v) is 3.07. The highest BCUT2D eigenvalue weighted by atomic mass is 35.5. The van der Waals surface area contributed by atoms with Gasteiger partial charge >= 0.3 is 6.09 Å². The van der Waals surface area contributed by atoms with Crippen molar-refractivity contribution in [2.24, 2.45) is 0 Å². The number of nitrogens with zero attached hydrogens (tertiary/aromatic N) is 2. The number of carbonyl (C=O) groups excluding carboxylic acids is 2. The highest BCUT2D eigenvalue weighted by Crippen LogP contribution is 2.18. The monoisotopic (exact) mass is 402 g/mol. The summed E-state index contributed by atoms with van der Waals surface area (Å²) in [5, 5.41) is 0.613. The summed E-state index contributed by atoms with van der Waals surface area (Å²) >= 11 is 5.86. The van der Waals surface area contributed by atoms with Crippen molar-refractivity contribution in [2.75, 3.05) is 26.2 Å². The molecule has 2 aromatic carbocycles. The number of piperazine rings is 1. The predicted octanol–water partition coefficient (Wildman–Crippen LogP) is 3.59. The molecule has 2 aromatic rings. The van der Waals surface area contributed by atoms with Gasteiger partial charge in [-0.05, 0) is 36.8 Å². The first-order valence-electron chi connectivity index (χ1n) is 9.19. The highest BCUT2D eigenvalue weighted by molar-refractivity contribution is 6.30. The Labute approximate surface area is 169 Å². The number of carbonyl (C=O) groups is 2. The number of halogens is 1. The molecule has 2 amide bonds. The number of benzene rings is 2. The smallest absolute Gasteiger partial charge is 0.410 e. The quantitative estimate of drug-likeness (QED) is 0.766. The number of hydrogen-bond donors (Lipinski definition) is 0. The van der Waals surface area contributed by atoms with Gasteiger partial charge in [0.1, 0.15) is 12.4 Å². The SMILES string of the molecule is CC(Oc1ccc(Cl)cc1)C(=O)N1CCN(C(=O)OCc2ccccc2)CC1. The molecule has 3 rings (SSSR count). The van der Waals surface area contributed by atoms with Crippen LogP contribution in [0.2, 0.25) is 5.02 Å². The minimum absolute atomic E-state index is 0.104. The van der Waals surface area contributed by atoms with Crippen LogP contribution in [-0.2, 0) is 16.1 Å². The van der Waals surface area contributed by atoms with Gasteiger partial charge in [0.15, 0.2) is 6.10 Å². The Morgan fingerprint density at radius 1 is 0.964 bits per heavy atom. The molecule has 0 spiro atoms. The zero-order valence-corrected chi connectivity index (χ0v) is 16.5. The molecule has 0 radical (unpaired) electrons. The summed E-state index contributed by atoms with van der Waals surface area (Å²) < 4.78 is 11.0. The first kappa shape index (κ1) is 20.0. The van der Waals surface area contributed by atoms with E-state index in [1.54, 1.807) is 41.0 Å². The van der Waals surface area contributed by atoms with Crippen LogP contribution < -0.4 is 4.74 Å². The van der Waals surface area contributed by atoms with Crippen molar-refractivity contribution >= 4 is 23.6 Å². The zero-order valence-electron chi connectivity index (χ0n) is 15.7. The maximum Gasteiger partial charge on any atom is 0.410 e. The van der Waals surface area contributed by atoms with Gasteiger partial charge in [0.25, 0.3) is 5.91 Å². The van der Waals surface area contributed by atoms with Crippen molar-refractivity contribution in [3.63, 3.8) is 0 Å². The van der Waals surface area contributed by atoms with Gasteiger partial charge in [0, 0.05) is 31.2 Å². The minimum atomic E-state index is -0.613. The molecule has 1 aliphatic heterocycles. The average molecular weight is 403 g/mol. The first-order chi connectivity index (χ1) is 13.5. The second-order valence-electron chi connectivity index (χ2n) is 6.57. The van der Waals surface area contributed by atoms with E-state index in [1.165, 1.54) is 0 Å². The summed E-state index contributed by atoms with van der Waals surface area (Å²) in [5.41, 5.74) is 0.942. The largest absolute Gasteiger partial charge is 0.481 e. The van der Waals surface area contributed by atoms with Gasteiger partial charge in [-0.1, -0.05) is 41.9 Å². The fourth-order valence-electron chi connectivity index (χ4n) is 2.94. The van der Waals surface area contributed by atoms with Crippen LogP contribution in [0.25, 0.3) is 0 Å². The van der Waals surface area contributed by atoms with Gasteiger partial charge in [-0.15, -0.1) is 0 Å². The van der Waals surface area contributed by atoms with Gasteiger partial charge in [-0.25, -0.2) is 4.79 Å². The molecule has 28 heavy (non-hydrogen) atoms. The minimum Gasteiger partial charge on any atom is -0.481 e. The Balaban J connectivity index is 1.44. The molecule has 0 bridgehead atoms. The van der Waals surface area contributed by atoms with Gasteiger partial charge < -0.3 is 19.3 Å². The molecule has 148 valence electrons. The van der Waals surface area contributed by atoms with Crippen LogP contribution in [0.5, 0.6) is 5.75 Å². The van der Waals surface area contributed by atoms with Crippen molar-refractivity contribution in [3.05, 3.63) is 65.2 Å². The van der Waals surface area contributed by atoms with Gasteiger partial charge in [-0.2, -0.15) is 0 Å². The molecule has 1 aliphatic rings. The Bertz CT molecular complexity index is 790. The second-order valence-corrected chi connectivity index (χ2v) is 7.00. The molecule has 1 atom stereocenters. The number of hydrogen-bond acceptors (Lipinski definition) is 4. The average Bonchev–Trinajstić information content (AvgIpc) is 2.74. The standard InChI is InChI=1S/C21H23ClN2O4/c1-16(28-19-9-7-18(22)8-10-19)20(25)23-11-13-24(14-12-23)21(26)27-15-17-5-3-2-4-6-17/h2-10,16H,11-15H2,1H3. The molecule has 1 fully saturated rings. The molecule has 6 nitrogen and oxygen atoms in total. The van der Waals surface area contributed by atoms with E-state index in [0.717, 1.165) is 5.56 Å². The van der Waals surface area contributed by atoms with E-state index < -0.39 is 6.10 Å². The topological polar surface area (TPSA) is 59.1 Å². The van der Waals surface area contributed by atoms with E-state index in [0.29, 0.717) is 37.0 Å². The van der Waals surface area contributed by atoms with Crippen molar-refractivity contribution in [1.29, 1.82) is 0 Å². The molecule has 1 heterocycles. The lowest BCUT2D eigenvalue weighted by Crippen LogP contribution is -2.53. The molecule has 0 saturated carbocycles. The lowest BCUT2D eigenvalue weighted by atomic mass is 10.2. The summed E-state index contributed by atoms with van der Waals surface area (Å²) in [5.74, 6) is 0.487. The van der Waals surface area contributed by atoms with Crippen molar-refractivity contribution in [1.82, 2.24) is 9.80 Å². The Morgan fingerprint density at radius 3 is 2.21 bits per heavy atom. The van der Waals surface area contributed by atoms with Crippen LogP contribution in [0.15, 0.2) is 54.6 Å². The van der Waals surface area contributed by atoms with Gasteiger partial charge in [0.05, 0.1) is 0 Å². The first-order valence-corrected chi connectivity index (χ1v) is 9.57. The highest BCUT2D eigenvalue weighted by Gasteiger charge is 2.28. The third-order valence-electron chi connectivity index (χ3n) is 4.53. The van der Waals surface area contributed by atoms with E-state index >= 15 is 0 Å². The van der Waals surface area contributed by atoms with Crippen LogP contribution in [0.1, 0.15) is 12.5 Å². The molecular formula is C21H23ClN2O4. The lowest BCUT2D eigenvalue weighted by Gasteiger charge is -2.35. The summed E-state index contributed by atoms with van der Waals surface area (Å²) in [6, 6.07) is 16.4. The number of ether oxygens (including phenoxy) is 2.